The molecule has 3 aromatic carbocycles. The van der Waals surface area contributed by atoms with Crippen molar-refractivity contribution in [3.63, 3.8) is 0 Å². The molecule has 0 radical (unpaired) electrons. The molecular formula is C30H29N3O6. The number of amides is 1. The normalized spacial score (nSPS) is 16.7. The zero-order valence-electron chi connectivity index (χ0n) is 22.3. The summed E-state index contributed by atoms with van der Waals surface area (Å²) in [5.41, 5.74) is 4.51. The molecule has 1 fully saturated rings. The zero-order chi connectivity index (χ0) is 28.0. The Morgan fingerprint density at radius 2 is 1.79 bits per heavy atom. The highest BCUT2D eigenvalue weighted by atomic mass is 16.5. The highest BCUT2D eigenvalue weighted by molar-refractivity contribution is 6.51. The van der Waals surface area contributed by atoms with Crippen molar-refractivity contribution in [2.75, 3.05) is 18.6 Å². The van der Waals surface area contributed by atoms with Gasteiger partial charge < -0.3 is 24.7 Å². The van der Waals surface area contributed by atoms with Crippen LogP contribution >= 0.6 is 0 Å². The van der Waals surface area contributed by atoms with Gasteiger partial charge >= 0.3 is 5.91 Å². The lowest BCUT2D eigenvalue weighted by Gasteiger charge is -2.24. The zero-order valence-corrected chi connectivity index (χ0v) is 22.3. The number of methoxy groups -OCH3 is 1. The second kappa shape index (κ2) is 9.83. The molecule has 1 unspecified atom stereocenters. The van der Waals surface area contributed by atoms with E-state index >= 15 is 0 Å². The van der Waals surface area contributed by atoms with Crippen molar-refractivity contribution in [1.29, 1.82) is 0 Å². The number of phenolic OH excluding ortho intramolecular Hbond substituents is 1. The predicted octanol–water partition coefficient (Wildman–Crippen LogP) is 5.23. The van der Waals surface area contributed by atoms with E-state index in [4.69, 9.17) is 9.47 Å². The first kappa shape index (κ1) is 25.8. The number of imidazole rings is 1. The summed E-state index contributed by atoms with van der Waals surface area (Å²) in [5.74, 6) is -1.11. The molecule has 0 saturated carbocycles. The van der Waals surface area contributed by atoms with E-state index in [0.29, 0.717) is 40.1 Å². The van der Waals surface area contributed by atoms with Gasteiger partial charge in [0.2, 0.25) is 5.95 Å². The Morgan fingerprint density at radius 1 is 1.03 bits per heavy atom. The number of ether oxygens (including phenoxy) is 2. The van der Waals surface area contributed by atoms with Gasteiger partial charge in [-0.1, -0.05) is 12.1 Å². The fourth-order valence-electron chi connectivity index (χ4n) is 4.97. The molecule has 1 atom stereocenters. The van der Waals surface area contributed by atoms with Crippen molar-refractivity contribution in [1.82, 2.24) is 9.97 Å². The number of fused-ring (bicyclic) bond motifs is 1. The lowest BCUT2D eigenvalue weighted by atomic mass is 9.93. The van der Waals surface area contributed by atoms with Gasteiger partial charge in [-0.2, -0.15) is 0 Å². The summed E-state index contributed by atoms with van der Waals surface area (Å²) in [7, 11) is 1.56. The standard InChI is InChI=1S/C30H29N3O6/c1-6-39-24-14-18(8-10-22(24)34)26-25(27(35)19-12-17(4)23(38-5)13-16(19)3)28(36)29(37)33(26)30-31-20-9-7-15(2)11-21(20)32-30/h7-14,26,34-35H,6H2,1-5H3,(H,31,32)/b27-25+. The fraction of sp³-hybridized carbons (Fsp3) is 0.233. The molecule has 2 heterocycles. The Morgan fingerprint density at radius 3 is 2.51 bits per heavy atom. The van der Waals surface area contributed by atoms with Crippen molar-refractivity contribution >= 4 is 34.4 Å². The van der Waals surface area contributed by atoms with Crippen molar-refractivity contribution in [3.8, 4) is 17.2 Å². The maximum Gasteiger partial charge on any atom is 0.302 e. The highest BCUT2D eigenvalue weighted by Gasteiger charge is 2.48. The van der Waals surface area contributed by atoms with Crippen LogP contribution in [0.1, 0.15) is 40.8 Å². The van der Waals surface area contributed by atoms with Crippen LogP contribution in [0.15, 0.2) is 54.1 Å². The Bertz CT molecular complexity index is 1670. The number of aliphatic hydroxyl groups excluding tert-OH is 1. The van der Waals surface area contributed by atoms with Crippen LogP contribution in [0.25, 0.3) is 16.8 Å². The summed E-state index contributed by atoms with van der Waals surface area (Å²) in [4.78, 5) is 36.2. The van der Waals surface area contributed by atoms with E-state index in [-0.39, 0.29) is 28.8 Å². The Kier molecular flexibility index (Phi) is 6.51. The van der Waals surface area contributed by atoms with Crippen LogP contribution in [0.3, 0.4) is 0 Å². The van der Waals surface area contributed by atoms with E-state index < -0.39 is 17.7 Å². The van der Waals surface area contributed by atoms with E-state index in [1.165, 1.54) is 11.0 Å². The third-order valence-electron chi connectivity index (χ3n) is 6.89. The molecule has 9 nitrogen and oxygen atoms in total. The second-order valence-corrected chi connectivity index (χ2v) is 9.55. The molecule has 39 heavy (non-hydrogen) atoms. The molecule has 0 aliphatic carbocycles. The SMILES string of the molecule is CCOc1cc(C2/C(=C(\O)c3cc(C)c(OC)cc3C)C(=O)C(=O)N2c2nc3ccc(C)cc3[nH]2)ccc1O. The highest BCUT2D eigenvalue weighted by Crippen LogP contribution is 2.44. The number of aromatic amines is 1. The Hall–Kier alpha value is -4.79. The fourth-order valence-corrected chi connectivity index (χ4v) is 4.97. The number of ketones is 1. The summed E-state index contributed by atoms with van der Waals surface area (Å²) in [6, 6.07) is 12.7. The van der Waals surface area contributed by atoms with Crippen molar-refractivity contribution < 1.29 is 29.3 Å². The number of anilines is 1. The van der Waals surface area contributed by atoms with Crippen LogP contribution < -0.4 is 14.4 Å². The molecule has 5 rings (SSSR count). The molecule has 9 heteroatoms. The molecule has 4 aromatic rings. The van der Waals surface area contributed by atoms with Gasteiger partial charge in [0.1, 0.15) is 11.5 Å². The van der Waals surface area contributed by atoms with Crippen LogP contribution in [0, 0.1) is 20.8 Å². The first-order valence-electron chi connectivity index (χ1n) is 12.5. The van der Waals surface area contributed by atoms with E-state index in [0.717, 1.165) is 11.1 Å². The number of aromatic nitrogens is 2. The molecule has 1 aliphatic heterocycles. The predicted molar refractivity (Wildman–Crippen MR) is 147 cm³/mol. The molecular weight excluding hydrogens is 498 g/mol. The molecule has 1 amide bonds. The van der Waals surface area contributed by atoms with E-state index in [1.54, 1.807) is 45.2 Å². The monoisotopic (exact) mass is 527 g/mol. The van der Waals surface area contributed by atoms with Crippen molar-refractivity contribution in [2.24, 2.45) is 0 Å². The van der Waals surface area contributed by atoms with Gasteiger partial charge in [0, 0.05) is 5.56 Å². The summed E-state index contributed by atoms with van der Waals surface area (Å²) < 4.78 is 11.0. The molecule has 1 aromatic heterocycles. The van der Waals surface area contributed by atoms with Crippen molar-refractivity contribution in [3.05, 3.63) is 81.9 Å². The number of H-pyrrole nitrogens is 1. The summed E-state index contributed by atoms with van der Waals surface area (Å²) in [5, 5.41) is 21.9. The molecule has 0 spiro atoms. The van der Waals surface area contributed by atoms with Gasteiger partial charge in [-0.05, 0) is 86.3 Å². The quantitative estimate of drug-likeness (QED) is 0.178. The summed E-state index contributed by atoms with van der Waals surface area (Å²) in [6.07, 6.45) is 0. The number of carbonyl (C=O) groups is 2. The third-order valence-corrected chi connectivity index (χ3v) is 6.89. The summed E-state index contributed by atoms with van der Waals surface area (Å²) >= 11 is 0. The first-order valence-corrected chi connectivity index (χ1v) is 12.5. The summed E-state index contributed by atoms with van der Waals surface area (Å²) in [6.45, 7) is 7.64. The minimum Gasteiger partial charge on any atom is -0.507 e. The lowest BCUT2D eigenvalue weighted by molar-refractivity contribution is -0.132. The number of carbonyl (C=O) groups excluding carboxylic acids is 2. The smallest absolute Gasteiger partial charge is 0.302 e. The molecule has 200 valence electrons. The van der Waals surface area contributed by atoms with Crippen molar-refractivity contribution in [2.45, 2.75) is 33.7 Å². The number of nitrogens with one attached hydrogen (secondary N) is 1. The van der Waals surface area contributed by atoms with Gasteiger partial charge in [-0.25, -0.2) is 4.98 Å². The number of aromatic hydroxyl groups is 1. The number of hydrogen-bond acceptors (Lipinski definition) is 7. The molecule has 3 N–H and O–H groups in total. The maximum atomic E-state index is 13.6. The van der Waals surface area contributed by atoms with Gasteiger partial charge in [0.15, 0.2) is 11.5 Å². The van der Waals surface area contributed by atoms with Crippen LogP contribution in [0.2, 0.25) is 0 Å². The van der Waals surface area contributed by atoms with Gasteiger partial charge in [0.05, 0.1) is 36.4 Å². The number of aryl methyl sites for hydroxylation is 3. The number of rotatable bonds is 6. The number of benzene rings is 3. The van der Waals surface area contributed by atoms with E-state index in [9.17, 15) is 19.8 Å². The first-order chi connectivity index (χ1) is 18.6. The number of hydrogen-bond donors (Lipinski definition) is 3. The van der Waals surface area contributed by atoms with E-state index in [1.807, 2.05) is 32.0 Å². The Balaban J connectivity index is 1.76. The largest absolute Gasteiger partial charge is 0.507 e. The molecule has 1 aliphatic rings. The van der Waals surface area contributed by atoms with Gasteiger partial charge in [-0.15, -0.1) is 0 Å². The maximum absolute atomic E-state index is 13.6. The Labute approximate surface area is 225 Å². The second-order valence-electron chi connectivity index (χ2n) is 9.55. The lowest BCUT2D eigenvalue weighted by Crippen LogP contribution is -2.30. The van der Waals surface area contributed by atoms with Gasteiger partial charge in [0.25, 0.3) is 5.78 Å². The van der Waals surface area contributed by atoms with Gasteiger partial charge in [-0.3, -0.25) is 14.5 Å². The molecule has 1 saturated heterocycles. The van der Waals surface area contributed by atoms with Crippen LogP contribution in [-0.2, 0) is 9.59 Å². The molecule has 0 bridgehead atoms. The van der Waals surface area contributed by atoms with Crippen LogP contribution in [0.4, 0.5) is 5.95 Å². The minimum atomic E-state index is -1.05. The number of nitrogens with zero attached hydrogens (tertiary/aromatic N) is 2. The number of Topliss-reactive ketones (excluding diaryl/α,β-unsaturated/α-hetero) is 1. The van der Waals surface area contributed by atoms with Crippen LogP contribution in [0.5, 0.6) is 17.2 Å². The topological polar surface area (TPSA) is 125 Å². The third kappa shape index (κ3) is 4.35. The number of phenols is 1. The average Bonchev–Trinajstić information content (AvgIpc) is 3.43. The average molecular weight is 528 g/mol. The van der Waals surface area contributed by atoms with Crippen LogP contribution in [-0.4, -0.2) is 45.6 Å². The number of aliphatic hydroxyl groups is 1. The van der Waals surface area contributed by atoms with E-state index in [2.05, 4.69) is 9.97 Å². The minimum absolute atomic E-state index is 0.0848.